The molecule has 3 rings (SSSR count). The number of rotatable bonds is 4. The van der Waals surface area contributed by atoms with Gasteiger partial charge in [-0.3, -0.25) is 4.79 Å². The Labute approximate surface area is 140 Å². The van der Waals surface area contributed by atoms with E-state index in [0.29, 0.717) is 17.4 Å². The van der Waals surface area contributed by atoms with Crippen LogP contribution in [-0.2, 0) is 20.1 Å². The third-order valence-electron chi connectivity index (χ3n) is 4.06. The van der Waals surface area contributed by atoms with Gasteiger partial charge in [0.15, 0.2) is 0 Å². The second-order valence-corrected chi connectivity index (χ2v) is 5.94. The van der Waals surface area contributed by atoms with Crippen LogP contribution in [0.3, 0.4) is 0 Å². The number of imidazole rings is 1. The maximum atomic E-state index is 12.6. The number of nitrogens with zero attached hydrogens (tertiary/aromatic N) is 4. The zero-order valence-corrected chi connectivity index (χ0v) is 14.2. The van der Waals surface area contributed by atoms with Crippen molar-refractivity contribution in [1.82, 2.24) is 19.0 Å². The van der Waals surface area contributed by atoms with E-state index >= 15 is 0 Å². The summed E-state index contributed by atoms with van der Waals surface area (Å²) in [4.78, 5) is 18.7. The Morgan fingerprint density at radius 3 is 2.78 bits per heavy atom. The molecule has 0 bridgehead atoms. The Bertz CT molecular complexity index is 865. The molecule has 0 atom stereocenters. The fourth-order valence-corrected chi connectivity index (χ4v) is 3.03. The third kappa shape index (κ3) is 2.84. The molecule has 0 saturated heterocycles. The molecule has 0 fully saturated rings. The molecule has 5 nitrogen and oxygen atoms in total. The van der Waals surface area contributed by atoms with E-state index in [2.05, 4.69) is 4.98 Å². The van der Waals surface area contributed by atoms with Gasteiger partial charge >= 0.3 is 0 Å². The van der Waals surface area contributed by atoms with Gasteiger partial charge in [-0.25, -0.2) is 4.98 Å². The van der Waals surface area contributed by atoms with Crippen LogP contribution in [0.2, 0.25) is 5.28 Å². The molecule has 0 N–H and O–H groups in total. The first-order valence-electron chi connectivity index (χ1n) is 7.52. The fraction of sp³-hybridized carbons (Fsp3) is 0.294. The lowest BCUT2D eigenvalue weighted by Gasteiger charge is -2.17. The standard InChI is InChI=1S/C17H19ClN4O/c1-4-22-15-8-7-12(10-14(15)19-17(22)18)16(23)21(3)11-13-6-5-9-20(13)2/h5-10H,4,11H2,1-3H3. The number of benzene rings is 1. The number of halogens is 1. The van der Waals surface area contributed by atoms with Gasteiger partial charge in [-0.1, -0.05) is 0 Å². The lowest BCUT2D eigenvalue weighted by atomic mass is 10.1. The summed E-state index contributed by atoms with van der Waals surface area (Å²) in [5.41, 5.74) is 3.39. The zero-order valence-electron chi connectivity index (χ0n) is 13.5. The second kappa shape index (κ2) is 6.08. The zero-order chi connectivity index (χ0) is 16.6. The van der Waals surface area contributed by atoms with Crippen LogP contribution in [0.1, 0.15) is 23.0 Å². The molecular weight excluding hydrogens is 312 g/mol. The minimum atomic E-state index is -0.0322. The monoisotopic (exact) mass is 330 g/mol. The van der Waals surface area contributed by atoms with Gasteiger partial charge in [0.05, 0.1) is 17.6 Å². The Hall–Kier alpha value is -2.27. The molecular formula is C17H19ClN4O. The van der Waals surface area contributed by atoms with Crippen molar-refractivity contribution < 1.29 is 4.79 Å². The maximum Gasteiger partial charge on any atom is 0.254 e. The van der Waals surface area contributed by atoms with E-state index in [-0.39, 0.29) is 5.91 Å². The van der Waals surface area contributed by atoms with Crippen molar-refractivity contribution in [2.24, 2.45) is 7.05 Å². The molecule has 0 radical (unpaired) electrons. The molecule has 23 heavy (non-hydrogen) atoms. The summed E-state index contributed by atoms with van der Waals surface area (Å²) >= 11 is 6.13. The van der Waals surface area contributed by atoms with Crippen molar-refractivity contribution >= 4 is 28.5 Å². The Morgan fingerprint density at radius 2 is 2.13 bits per heavy atom. The number of aromatic nitrogens is 3. The minimum absolute atomic E-state index is 0.0322. The van der Waals surface area contributed by atoms with Gasteiger partial charge in [0.2, 0.25) is 5.28 Å². The lowest BCUT2D eigenvalue weighted by Crippen LogP contribution is -2.27. The van der Waals surface area contributed by atoms with Crippen molar-refractivity contribution in [2.75, 3.05) is 7.05 Å². The highest BCUT2D eigenvalue weighted by Crippen LogP contribution is 2.21. The van der Waals surface area contributed by atoms with Crippen molar-refractivity contribution in [2.45, 2.75) is 20.0 Å². The van der Waals surface area contributed by atoms with E-state index in [1.54, 1.807) is 18.0 Å². The van der Waals surface area contributed by atoms with Gasteiger partial charge in [0, 0.05) is 38.1 Å². The number of carbonyl (C=O) groups excluding carboxylic acids is 1. The third-order valence-corrected chi connectivity index (χ3v) is 4.35. The first kappa shape index (κ1) is 15.6. The summed E-state index contributed by atoms with van der Waals surface area (Å²) in [6.45, 7) is 3.32. The van der Waals surface area contributed by atoms with Crippen molar-refractivity contribution in [3.05, 3.63) is 53.1 Å². The predicted octanol–water partition coefficient (Wildman–Crippen LogP) is 3.32. The molecule has 0 aliphatic carbocycles. The normalized spacial score (nSPS) is 11.1. The number of hydrogen-bond donors (Lipinski definition) is 0. The highest BCUT2D eigenvalue weighted by molar-refractivity contribution is 6.29. The number of hydrogen-bond acceptors (Lipinski definition) is 2. The molecule has 0 aliphatic heterocycles. The smallest absolute Gasteiger partial charge is 0.254 e. The summed E-state index contributed by atoms with van der Waals surface area (Å²) < 4.78 is 3.93. The van der Waals surface area contributed by atoms with Crippen LogP contribution in [-0.4, -0.2) is 32.0 Å². The largest absolute Gasteiger partial charge is 0.353 e. The minimum Gasteiger partial charge on any atom is -0.353 e. The van der Waals surface area contributed by atoms with Gasteiger partial charge in [-0.15, -0.1) is 0 Å². The first-order valence-corrected chi connectivity index (χ1v) is 7.90. The Balaban J connectivity index is 1.87. The predicted molar refractivity (Wildman–Crippen MR) is 91.6 cm³/mol. The van der Waals surface area contributed by atoms with Crippen molar-refractivity contribution in [3.63, 3.8) is 0 Å². The van der Waals surface area contributed by atoms with Crippen LogP contribution in [0.4, 0.5) is 0 Å². The topological polar surface area (TPSA) is 43.1 Å². The van der Waals surface area contributed by atoms with Crippen LogP contribution in [0.15, 0.2) is 36.5 Å². The molecule has 0 saturated carbocycles. The summed E-state index contributed by atoms with van der Waals surface area (Å²) in [6, 6.07) is 9.52. The van der Waals surface area contributed by atoms with Gasteiger partial charge in [0.1, 0.15) is 0 Å². The molecule has 6 heteroatoms. The van der Waals surface area contributed by atoms with Crippen LogP contribution < -0.4 is 0 Å². The summed E-state index contributed by atoms with van der Waals surface area (Å²) in [5, 5.41) is 0.448. The second-order valence-electron chi connectivity index (χ2n) is 5.60. The van der Waals surface area contributed by atoms with E-state index in [1.807, 2.05) is 53.6 Å². The van der Waals surface area contributed by atoms with Crippen LogP contribution in [0, 0.1) is 0 Å². The lowest BCUT2D eigenvalue weighted by molar-refractivity contribution is 0.0782. The highest BCUT2D eigenvalue weighted by atomic mass is 35.5. The molecule has 3 aromatic rings. The van der Waals surface area contributed by atoms with E-state index in [4.69, 9.17) is 11.6 Å². The quantitative estimate of drug-likeness (QED) is 0.736. The fourth-order valence-electron chi connectivity index (χ4n) is 2.73. The summed E-state index contributed by atoms with van der Waals surface area (Å²) in [6.07, 6.45) is 1.97. The molecule has 2 aromatic heterocycles. The molecule has 0 aliphatic rings. The van der Waals surface area contributed by atoms with Gasteiger partial charge < -0.3 is 14.0 Å². The molecule has 2 heterocycles. The van der Waals surface area contributed by atoms with Gasteiger partial charge in [-0.05, 0) is 48.9 Å². The Kier molecular flexibility index (Phi) is 4.13. The molecule has 1 aromatic carbocycles. The average molecular weight is 331 g/mol. The number of fused-ring (bicyclic) bond motifs is 1. The van der Waals surface area contributed by atoms with Gasteiger partial charge in [-0.2, -0.15) is 0 Å². The van der Waals surface area contributed by atoms with Gasteiger partial charge in [0.25, 0.3) is 5.91 Å². The number of aryl methyl sites for hydroxylation is 2. The van der Waals surface area contributed by atoms with Crippen LogP contribution in [0.25, 0.3) is 11.0 Å². The first-order chi connectivity index (χ1) is 11.0. The van der Waals surface area contributed by atoms with E-state index in [0.717, 1.165) is 23.3 Å². The van der Waals surface area contributed by atoms with Crippen LogP contribution >= 0.6 is 11.6 Å². The number of amides is 1. The molecule has 0 spiro atoms. The Morgan fingerprint density at radius 1 is 1.35 bits per heavy atom. The maximum absolute atomic E-state index is 12.6. The van der Waals surface area contributed by atoms with Crippen LogP contribution in [0.5, 0.6) is 0 Å². The van der Waals surface area contributed by atoms with E-state index < -0.39 is 0 Å². The van der Waals surface area contributed by atoms with Crippen molar-refractivity contribution in [3.8, 4) is 0 Å². The molecule has 120 valence electrons. The average Bonchev–Trinajstić information content (AvgIpc) is 3.07. The number of carbonyl (C=O) groups is 1. The van der Waals surface area contributed by atoms with E-state index in [9.17, 15) is 4.79 Å². The van der Waals surface area contributed by atoms with E-state index in [1.165, 1.54) is 0 Å². The molecule has 0 unspecified atom stereocenters. The summed E-state index contributed by atoms with van der Waals surface area (Å²) in [7, 11) is 3.77. The summed E-state index contributed by atoms with van der Waals surface area (Å²) in [5.74, 6) is -0.0322. The SMILES string of the molecule is CCn1c(Cl)nc2cc(C(=O)N(C)Cc3cccn3C)ccc21. The molecule has 1 amide bonds. The van der Waals surface area contributed by atoms with Crippen molar-refractivity contribution in [1.29, 1.82) is 0 Å². The highest BCUT2D eigenvalue weighted by Gasteiger charge is 2.15.